The molecule has 1 aliphatic heterocycles. The Kier molecular flexibility index (Phi) is 10.8. The third-order valence-electron chi connectivity index (χ3n) is 11.0. The summed E-state index contributed by atoms with van der Waals surface area (Å²) in [7, 11) is 0. The largest absolute Gasteiger partial charge is 0.311 e. The fraction of sp³-hybridized carbons (Fsp3) is 0.160. The Morgan fingerprint density at radius 1 is 0.500 bits per heavy atom. The van der Waals surface area contributed by atoms with Crippen molar-refractivity contribution in [3.63, 3.8) is 0 Å². The van der Waals surface area contributed by atoms with E-state index < -0.39 is 0 Å². The van der Waals surface area contributed by atoms with E-state index in [1.807, 2.05) is 4.80 Å². The first kappa shape index (κ1) is 37.1. The van der Waals surface area contributed by atoms with Crippen LogP contribution in [0.2, 0.25) is 0 Å². The summed E-state index contributed by atoms with van der Waals surface area (Å²) in [4.78, 5) is 6.55. The predicted molar refractivity (Wildman–Crippen MR) is 246 cm³/mol. The van der Waals surface area contributed by atoms with Crippen LogP contribution in [0, 0.1) is 5.92 Å². The third kappa shape index (κ3) is 7.39. The molecule has 9 rings (SSSR count). The van der Waals surface area contributed by atoms with Gasteiger partial charge >= 0.3 is 0 Å². The number of hydrogen-bond acceptors (Lipinski definition) is 7. The van der Waals surface area contributed by atoms with Crippen molar-refractivity contribution in [1.29, 1.82) is 0 Å². The molecule has 58 heavy (non-hydrogen) atoms. The van der Waals surface area contributed by atoms with Crippen molar-refractivity contribution in [1.82, 2.24) is 15.0 Å². The fourth-order valence-electron chi connectivity index (χ4n) is 8.05. The van der Waals surface area contributed by atoms with Gasteiger partial charge in [-0.3, -0.25) is 0 Å². The lowest BCUT2D eigenvalue weighted by atomic mass is 9.93. The van der Waals surface area contributed by atoms with Gasteiger partial charge < -0.3 is 19.2 Å². The lowest BCUT2D eigenvalue weighted by Crippen LogP contribution is -2.12. The highest BCUT2D eigenvalue weighted by Gasteiger charge is 2.29. The number of unbranched alkanes of at least 4 members (excludes halogenated alkanes) is 1. The van der Waals surface area contributed by atoms with Gasteiger partial charge in [-0.2, -0.15) is 15.0 Å². The maximum absolute atomic E-state index is 5.34. The van der Waals surface area contributed by atoms with Crippen molar-refractivity contribution in [2.75, 3.05) is 19.2 Å². The Bertz CT molecular complexity index is 2330. The van der Waals surface area contributed by atoms with Crippen molar-refractivity contribution in [2.24, 2.45) is 5.92 Å². The molecular weight excluding hydrogens is 731 g/mol. The molecule has 8 heteroatoms. The van der Waals surface area contributed by atoms with Crippen LogP contribution in [0.4, 0.5) is 45.5 Å². The number of anilines is 8. The molecule has 0 aliphatic carbocycles. The van der Waals surface area contributed by atoms with E-state index in [9.17, 15) is 0 Å². The SMILES string of the molecule is CCCCC(CC)Cn1nc2c(-c3ccc(N(c4ccccc4)c4ccccc4)cc3)c3c(c(-c4ccc(N(c5ccccc5)c5ccccc5)cc4)c2n1)NSN3. The summed E-state index contributed by atoms with van der Waals surface area (Å²) in [6.07, 6.45) is 4.66. The molecule has 288 valence electrons. The summed E-state index contributed by atoms with van der Waals surface area (Å²) in [5.74, 6) is 0.509. The number of aromatic nitrogens is 3. The standard InChI is InChI=1S/C50H47N7S/c1-3-5-18-36(4-2)35-55-51-47-45(37-27-31-43(32-28-37)56(39-19-10-6-11-20-39)40-21-12-7-13-22-40)49-50(54-58-53-49)46(48(47)52-55)38-29-33-44(34-30-38)57(41-23-14-8-15-24-41)42-25-16-9-17-26-42/h6-17,19-34,36,53-54H,3-5,18,35H2,1-2H3. The maximum atomic E-state index is 5.34. The Hall–Kier alpha value is -6.51. The van der Waals surface area contributed by atoms with Gasteiger partial charge in [-0.05, 0) is 96.3 Å². The first-order valence-corrected chi connectivity index (χ1v) is 21.2. The van der Waals surface area contributed by atoms with Crippen molar-refractivity contribution in [3.05, 3.63) is 170 Å². The second kappa shape index (κ2) is 16.9. The van der Waals surface area contributed by atoms with Crippen LogP contribution in [0.3, 0.4) is 0 Å². The van der Waals surface area contributed by atoms with Crippen LogP contribution < -0.4 is 19.2 Å². The molecule has 1 atom stereocenters. The van der Waals surface area contributed by atoms with Crippen LogP contribution in [0.1, 0.15) is 39.5 Å². The molecule has 0 bridgehead atoms. The van der Waals surface area contributed by atoms with Crippen LogP contribution >= 0.6 is 12.1 Å². The van der Waals surface area contributed by atoms with E-state index in [0.29, 0.717) is 5.92 Å². The Labute approximate surface area is 345 Å². The van der Waals surface area contributed by atoms with E-state index in [-0.39, 0.29) is 0 Å². The average molecular weight is 778 g/mol. The lowest BCUT2D eigenvalue weighted by molar-refractivity contribution is 0.351. The monoisotopic (exact) mass is 777 g/mol. The molecule has 0 saturated heterocycles. The number of nitrogens with zero attached hydrogens (tertiary/aromatic N) is 5. The van der Waals surface area contributed by atoms with Gasteiger partial charge in [0.25, 0.3) is 0 Å². The molecule has 8 aromatic rings. The summed E-state index contributed by atoms with van der Waals surface area (Å²) in [6, 6.07) is 59.9. The van der Waals surface area contributed by atoms with Gasteiger partial charge in [0.1, 0.15) is 11.0 Å². The smallest absolute Gasteiger partial charge is 0.123 e. The highest BCUT2D eigenvalue weighted by Crippen LogP contribution is 2.52. The number of hydrogen-bond donors (Lipinski definition) is 2. The number of benzene rings is 7. The molecule has 2 heterocycles. The van der Waals surface area contributed by atoms with E-state index in [1.165, 1.54) is 31.4 Å². The molecule has 0 fully saturated rings. The van der Waals surface area contributed by atoms with Gasteiger partial charge in [0.05, 0.1) is 30.1 Å². The zero-order chi connectivity index (χ0) is 39.3. The topological polar surface area (TPSA) is 61.3 Å². The highest BCUT2D eigenvalue weighted by molar-refractivity contribution is 8.02. The normalized spacial score (nSPS) is 12.4. The second-order valence-electron chi connectivity index (χ2n) is 14.8. The Morgan fingerprint density at radius 3 is 1.21 bits per heavy atom. The second-order valence-corrected chi connectivity index (χ2v) is 15.4. The molecule has 1 aliphatic rings. The van der Waals surface area contributed by atoms with Gasteiger partial charge in [0.2, 0.25) is 0 Å². The van der Waals surface area contributed by atoms with E-state index in [2.05, 4.69) is 203 Å². The minimum atomic E-state index is 0.509. The molecule has 0 saturated carbocycles. The summed E-state index contributed by atoms with van der Waals surface area (Å²) in [5, 5.41) is 10.7. The quantitative estimate of drug-likeness (QED) is 0.107. The number of rotatable bonds is 14. The van der Waals surface area contributed by atoms with Crippen LogP contribution in [-0.4, -0.2) is 15.0 Å². The Balaban J connectivity index is 1.16. The van der Waals surface area contributed by atoms with Gasteiger partial charge in [0, 0.05) is 45.3 Å². The summed E-state index contributed by atoms with van der Waals surface area (Å²) in [5.41, 5.74) is 14.7. The number of nitrogens with one attached hydrogen (secondary N) is 2. The van der Waals surface area contributed by atoms with E-state index in [0.717, 1.165) is 91.8 Å². The van der Waals surface area contributed by atoms with E-state index >= 15 is 0 Å². The van der Waals surface area contributed by atoms with Crippen molar-refractivity contribution in [2.45, 2.75) is 46.1 Å². The molecule has 0 spiro atoms. The molecule has 0 radical (unpaired) electrons. The molecule has 1 aromatic heterocycles. The van der Waals surface area contributed by atoms with E-state index in [1.54, 1.807) is 0 Å². The third-order valence-corrected chi connectivity index (χ3v) is 11.6. The summed E-state index contributed by atoms with van der Waals surface area (Å²) in [6.45, 7) is 5.33. The molecule has 1 unspecified atom stereocenters. The molecule has 7 nitrogen and oxygen atoms in total. The molecular formula is C50H47N7S. The molecule has 7 aromatic carbocycles. The first-order valence-electron chi connectivity index (χ1n) is 20.3. The van der Waals surface area contributed by atoms with Crippen molar-refractivity contribution < 1.29 is 0 Å². The van der Waals surface area contributed by atoms with Crippen molar-refractivity contribution >= 4 is 68.7 Å². The number of fused-ring (bicyclic) bond motifs is 2. The zero-order valence-corrected chi connectivity index (χ0v) is 33.7. The van der Waals surface area contributed by atoms with Crippen LogP contribution in [0.5, 0.6) is 0 Å². The minimum Gasteiger partial charge on any atom is -0.311 e. The van der Waals surface area contributed by atoms with Gasteiger partial charge in [0.15, 0.2) is 0 Å². The Morgan fingerprint density at radius 2 is 0.862 bits per heavy atom. The predicted octanol–water partition coefficient (Wildman–Crippen LogP) is 14.3. The first-order chi connectivity index (χ1) is 28.7. The van der Waals surface area contributed by atoms with Gasteiger partial charge in [-0.15, -0.1) is 0 Å². The van der Waals surface area contributed by atoms with Crippen LogP contribution in [-0.2, 0) is 6.54 Å². The van der Waals surface area contributed by atoms with Crippen LogP contribution in [0.25, 0.3) is 33.3 Å². The fourth-order valence-corrected chi connectivity index (χ4v) is 8.72. The molecule has 0 amide bonds. The zero-order valence-electron chi connectivity index (χ0n) is 32.9. The molecule has 2 N–H and O–H groups in total. The van der Waals surface area contributed by atoms with Gasteiger partial charge in [-0.25, -0.2) is 0 Å². The minimum absolute atomic E-state index is 0.509. The average Bonchev–Trinajstić information content (AvgIpc) is 3.94. The summed E-state index contributed by atoms with van der Waals surface area (Å²) < 4.78 is 7.26. The van der Waals surface area contributed by atoms with Gasteiger partial charge in [-0.1, -0.05) is 130 Å². The van der Waals surface area contributed by atoms with Crippen molar-refractivity contribution in [3.8, 4) is 22.3 Å². The summed E-state index contributed by atoms with van der Waals surface area (Å²) >= 11 is 1.49. The lowest BCUT2D eigenvalue weighted by Gasteiger charge is -2.26. The maximum Gasteiger partial charge on any atom is 0.123 e. The number of para-hydroxylation sites is 4. The van der Waals surface area contributed by atoms with Crippen LogP contribution in [0.15, 0.2) is 170 Å². The van der Waals surface area contributed by atoms with E-state index in [4.69, 9.17) is 10.2 Å². The highest BCUT2D eigenvalue weighted by atomic mass is 32.2.